The second-order valence-electron chi connectivity index (χ2n) is 6.52. The molecule has 1 heterocycles. The lowest BCUT2D eigenvalue weighted by Crippen LogP contribution is -2.53. The van der Waals surface area contributed by atoms with E-state index in [9.17, 15) is 9.90 Å². The van der Waals surface area contributed by atoms with Gasteiger partial charge in [-0.25, -0.2) is 0 Å². The quantitative estimate of drug-likeness (QED) is 0.917. The number of amides is 1. The van der Waals surface area contributed by atoms with E-state index in [0.717, 1.165) is 56.8 Å². The zero-order valence-corrected chi connectivity index (χ0v) is 14.6. The summed E-state index contributed by atoms with van der Waals surface area (Å²) in [7, 11) is 0. The van der Waals surface area contributed by atoms with Crippen LogP contribution in [0.1, 0.15) is 35.2 Å². The Morgan fingerprint density at radius 1 is 1.17 bits per heavy atom. The summed E-state index contributed by atoms with van der Waals surface area (Å²) in [5.41, 5.74) is 2.04. The van der Waals surface area contributed by atoms with Crippen molar-refractivity contribution in [2.75, 3.05) is 32.4 Å². The van der Waals surface area contributed by atoms with Crippen molar-refractivity contribution < 1.29 is 9.90 Å². The van der Waals surface area contributed by atoms with Crippen LogP contribution in [0, 0.1) is 0 Å². The number of hydrogen-bond donors (Lipinski definition) is 1. The topological polar surface area (TPSA) is 43.8 Å². The molecule has 5 heteroatoms. The van der Waals surface area contributed by atoms with E-state index in [0.29, 0.717) is 6.04 Å². The Hall–Kier alpha value is -1.04. The molecule has 1 saturated heterocycles. The highest BCUT2D eigenvalue weighted by Gasteiger charge is 2.33. The minimum Gasteiger partial charge on any atom is -0.391 e. The first-order chi connectivity index (χ1) is 11.2. The normalized spacial score (nSPS) is 25.7. The number of rotatable bonds is 4. The Morgan fingerprint density at radius 2 is 1.87 bits per heavy atom. The maximum absolute atomic E-state index is 12.6. The van der Waals surface area contributed by atoms with Crippen LogP contribution in [-0.2, 0) is 5.75 Å². The monoisotopic (exact) mass is 334 g/mol. The summed E-state index contributed by atoms with van der Waals surface area (Å²) >= 11 is 1.79. The fraction of sp³-hybridized carbons (Fsp3) is 0.611. The minimum atomic E-state index is -0.179. The molecule has 1 aliphatic carbocycles. The number of aliphatic hydroxyl groups excluding tert-OH is 1. The molecule has 3 rings (SSSR count). The third-order valence-corrected chi connectivity index (χ3v) is 5.65. The highest BCUT2D eigenvalue weighted by molar-refractivity contribution is 7.97. The van der Waals surface area contributed by atoms with Gasteiger partial charge < -0.3 is 10.0 Å². The number of aliphatic hydroxyl groups is 1. The maximum atomic E-state index is 12.6. The van der Waals surface area contributed by atoms with E-state index >= 15 is 0 Å². The zero-order valence-electron chi connectivity index (χ0n) is 13.8. The second kappa shape index (κ2) is 7.69. The van der Waals surface area contributed by atoms with Crippen LogP contribution in [0.15, 0.2) is 24.3 Å². The smallest absolute Gasteiger partial charge is 0.253 e. The molecule has 0 aromatic heterocycles. The summed E-state index contributed by atoms with van der Waals surface area (Å²) in [5.74, 6) is 1.11. The van der Waals surface area contributed by atoms with E-state index in [1.807, 2.05) is 17.0 Å². The van der Waals surface area contributed by atoms with Crippen molar-refractivity contribution in [2.45, 2.75) is 37.2 Å². The van der Waals surface area contributed by atoms with Crippen molar-refractivity contribution in [2.24, 2.45) is 0 Å². The van der Waals surface area contributed by atoms with Gasteiger partial charge >= 0.3 is 0 Å². The number of carbonyl (C=O) groups is 1. The van der Waals surface area contributed by atoms with Crippen LogP contribution in [-0.4, -0.2) is 65.4 Å². The third kappa shape index (κ3) is 3.90. The number of piperazine rings is 1. The predicted molar refractivity (Wildman–Crippen MR) is 94.8 cm³/mol. The van der Waals surface area contributed by atoms with E-state index in [1.165, 1.54) is 5.56 Å². The summed E-state index contributed by atoms with van der Waals surface area (Å²) in [5, 5.41) is 10.0. The van der Waals surface area contributed by atoms with Crippen LogP contribution in [0.5, 0.6) is 0 Å². The Labute approximate surface area is 142 Å². The summed E-state index contributed by atoms with van der Waals surface area (Å²) < 4.78 is 0. The molecule has 1 saturated carbocycles. The molecule has 1 aliphatic heterocycles. The number of thioether (sulfide) groups is 1. The Bertz CT molecular complexity index is 526. The molecule has 1 aromatic rings. The molecule has 1 aromatic carbocycles. The van der Waals surface area contributed by atoms with Gasteiger partial charge in [-0.05, 0) is 43.2 Å². The number of carbonyl (C=O) groups excluding carboxylic acids is 1. The lowest BCUT2D eigenvalue weighted by Gasteiger charge is -2.39. The van der Waals surface area contributed by atoms with Crippen LogP contribution >= 0.6 is 11.8 Å². The summed E-state index contributed by atoms with van der Waals surface area (Å²) in [6.45, 7) is 3.26. The first-order valence-electron chi connectivity index (χ1n) is 8.48. The van der Waals surface area contributed by atoms with Gasteiger partial charge in [-0.3, -0.25) is 9.69 Å². The molecule has 2 atom stereocenters. The molecule has 126 valence electrons. The van der Waals surface area contributed by atoms with Crippen molar-refractivity contribution in [3.05, 3.63) is 35.4 Å². The van der Waals surface area contributed by atoms with Crippen LogP contribution in [0.25, 0.3) is 0 Å². The highest BCUT2D eigenvalue weighted by atomic mass is 32.2. The lowest BCUT2D eigenvalue weighted by molar-refractivity contribution is 0.0315. The van der Waals surface area contributed by atoms with Gasteiger partial charge in [0.05, 0.1) is 6.10 Å². The van der Waals surface area contributed by atoms with E-state index in [4.69, 9.17) is 0 Å². The number of nitrogens with zero attached hydrogens (tertiary/aromatic N) is 2. The van der Waals surface area contributed by atoms with Gasteiger partial charge in [-0.1, -0.05) is 12.1 Å². The summed E-state index contributed by atoms with van der Waals surface area (Å²) in [6.07, 6.45) is 5.03. The third-order valence-electron chi connectivity index (χ3n) is 5.03. The van der Waals surface area contributed by atoms with Gasteiger partial charge in [0.2, 0.25) is 0 Å². The molecular formula is C18H26N2O2S. The van der Waals surface area contributed by atoms with Crippen LogP contribution < -0.4 is 0 Å². The molecule has 0 radical (unpaired) electrons. The van der Waals surface area contributed by atoms with Gasteiger partial charge in [-0.15, -0.1) is 0 Å². The van der Waals surface area contributed by atoms with Gasteiger partial charge in [0.1, 0.15) is 0 Å². The van der Waals surface area contributed by atoms with Gasteiger partial charge in [0.25, 0.3) is 5.91 Å². The molecule has 2 aliphatic rings. The van der Waals surface area contributed by atoms with E-state index in [-0.39, 0.29) is 12.0 Å². The molecule has 2 fully saturated rings. The zero-order chi connectivity index (χ0) is 16.2. The molecular weight excluding hydrogens is 308 g/mol. The molecule has 0 bridgehead atoms. The number of hydrogen-bond acceptors (Lipinski definition) is 4. The van der Waals surface area contributed by atoms with Crippen molar-refractivity contribution in [1.29, 1.82) is 0 Å². The second-order valence-corrected chi connectivity index (χ2v) is 7.39. The van der Waals surface area contributed by atoms with Gasteiger partial charge in [0, 0.05) is 43.5 Å². The maximum Gasteiger partial charge on any atom is 0.253 e. The van der Waals surface area contributed by atoms with Crippen molar-refractivity contribution in [1.82, 2.24) is 9.80 Å². The fourth-order valence-corrected chi connectivity index (χ4v) is 4.22. The Morgan fingerprint density at radius 3 is 2.43 bits per heavy atom. The summed E-state index contributed by atoms with van der Waals surface area (Å²) in [6, 6.07) is 8.30. The largest absolute Gasteiger partial charge is 0.391 e. The first kappa shape index (κ1) is 16.8. The van der Waals surface area contributed by atoms with Crippen molar-refractivity contribution in [3.8, 4) is 0 Å². The van der Waals surface area contributed by atoms with E-state index in [2.05, 4.69) is 23.3 Å². The van der Waals surface area contributed by atoms with Crippen LogP contribution in [0.3, 0.4) is 0 Å². The van der Waals surface area contributed by atoms with Crippen molar-refractivity contribution in [3.63, 3.8) is 0 Å². The molecule has 4 nitrogen and oxygen atoms in total. The van der Waals surface area contributed by atoms with Crippen molar-refractivity contribution >= 4 is 17.7 Å². The van der Waals surface area contributed by atoms with Crippen LogP contribution in [0.2, 0.25) is 0 Å². The molecule has 1 N–H and O–H groups in total. The van der Waals surface area contributed by atoms with Gasteiger partial charge in [0.15, 0.2) is 0 Å². The average Bonchev–Trinajstić information content (AvgIpc) is 3.01. The minimum absolute atomic E-state index is 0.132. The van der Waals surface area contributed by atoms with Gasteiger partial charge in [-0.2, -0.15) is 11.8 Å². The average molecular weight is 334 g/mol. The lowest BCUT2D eigenvalue weighted by atomic mass is 10.1. The fourth-order valence-electron chi connectivity index (χ4n) is 3.70. The summed E-state index contributed by atoms with van der Waals surface area (Å²) in [4.78, 5) is 16.9. The Kier molecular flexibility index (Phi) is 5.62. The molecule has 1 amide bonds. The van der Waals surface area contributed by atoms with E-state index in [1.54, 1.807) is 11.8 Å². The molecule has 0 unspecified atom stereocenters. The SMILES string of the molecule is CSCc1ccc(C(=O)N2CCN([C@H]3CCC[C@@H]3O)CC2)cc1. The molecule has 23 heavy (non-hydrogen) atoms. The van der Waals surface area contributed by atoms with E-state index < -0.39 is 0 Å². The Balaban J connectivity index is 1.55. The predicted octanol–water partition coefficient (Wildman–Crippen LogP) is 2.22. The molecule has 0 spiro atoms. The highest BCUT2D eigenvalue weighted by Crippen LogP contribution is 2.25. The number of benzene rings is 1. The first-order valence-corrected chi connectivity index (χ1v) is 9.87. The van der Waals surface area contributed by atoms with Crippen LogP contribution in [0.4, 0.5) is 0 Å². The standard InChI is InChI=1S/C18H26N2O2S/c1-23-13-14-5-7-15(8-6-14)18(22)20-11-9-19(10-12-20)16-3-2-4-17(16)21/h5-8,16-17,21H,2-4,9-13H2,1H3/t16-,17-/m0/s1.